The zero-order chi connectivity index (χ0) is 13.7. The number of ether oxygens (including phenoxy) is 1. The summed E-state index contributed by atoms with van der Waals surface area (Å²) in [5.41, 5.74) is 2.12. The number of benzene rings is 1. The van der Waals surface area contributed by atoms with Gasteiger partial charge in [-0.15, -0.1) is 0 Å². The Morgan fingerprint density at radius 1 is 1.47 bits per heavy atom. The molecule has 19 heavy (non-hydrogen) atoms. The van der Waals surface area contributed by atoms with Gasteiger partial charge in [0.2, 0.25) is 5.91 Å². The third kappa shape index (κ3) is 3.55. The van der Waals surface area contributed by atoms with Gasteiger partial charge >= 0.3 is 0 Å². The van der Waals surface area contributed by atoms with Gasteiger partial charge in [-0.05, 0) is 25.5 Å². The zero-order valence-electron chi connectivity index (χ0n) is 11.7. The maximum Gasteiger partial charge on any atom is 0.229 e. The molecule has 104 valence electrons. The van der Waals surface area contributed by atoms with Crippen molar-refractivity contribution in [2.75, 3.05) is 31.1 Å². The molecular weight excluding hydrogens is 240 g/mol. The van der Waals surface area contributed by atoms with Gasteiger partial charge in [-0.25, -0.2) is 0 Å². The molecular formula is C15H22N2O2. The van der Waals surface area contributed by atoms with Gasteiger partial charge in [0, 0.05) is 25.3 Å². The van der Waals surface area contributed by atoms with Crippen LogP contribution in [0.4, 0.5) is 5.69 Å². The first-order chi connectivity index (χ1) is 9.22. The molecule has 0 aliphatic carbocycles. The number of aryl methyl sites for hydroxylation is 1. The number of carbonyl (C=O) groups excluding carboxylic acids is 1. The van der Waals surface area contributed by atoms with Crippen molar-refractivity contribution < 1.29 is 9.53 Å². The quantitative estimate of drug-likeness (QED) is 0.898. The second-order valence-electron chi connectivity index (χ2n) is 4.83. The van der Waals surface area contributed by atoms with Crippen LogP contribution in [0.2, 0.25) is 0 Å². The van der Waals surface area contributed by atoms with Gasteiger partial charge in [-0.2, -0.15) is 0 Å². The lowest BCUT2D eigenvalue weighted by Crippen LogP contribution is -2.42. The van der Waals surface area contributed by atoms with Crippen molar-refractivity contribution >= 4 is 11.6 Å². The lowest BCUT2D eigenvalue weighted by molar-refractivity contribution is -0.121. The van der Waals surface area contributed by atoms with Crippen molar-refractivity contribution in [3.8, 4) is 0 Å². The zero-order valence-corrected chi connectivity index (χ0v) is 11.7. The van der Waals surface area contributed by atoms with Crippen LogP contribution in [0.5, 0.6) is 0 Å². The molecule has 4 heteroatoms. The minimum Gasteiger partial charge on any atom is -0.375 e. The Labute approximate surface area is 114 Å². The molecule has 0 aromatic heterocycles. The largest absolute Gasteiger partial charge is 0.375 e. The summed E-state index contributed by atoms with van der Waals surface area (Å²) in [6.07, 6.45) is 0.439. The monoisotopic (exact) mass is 262 g/mol. The predicted molar refractivity (Wildman–Crippen MR) is 76.4 cm³/mol. The van der Waals surface area contributed by atoms with Crippen molar-refractivity contribution in [1.82, 2.24) is 5.32 Å². The number of para-hydroxylation sites is 1. The van der Waals surface area contributed by atoms with E-state index in [9.17, 15) is 4.79 Å². The number of morpholine rings is 1. The summed E-state index contributed by atoms with van der Waals surface area (Å²) in [6.45, 7) is 7.05. The Bertz CT molecular complexity index is 428. The van der Waals surface area contributed by atoms with Gasteiger partial charge in [-0.1, -0.05) is 18.2 Å². The molecule has 0 bridgehead atoms. The summed E-state index contributed by atoms with van der Waals surface area (Å²) in [4.78, 5) is 14.3. The molecule has 1 atom stereocenters. The fourth-order valence-corrected chi connectivity index (χ4v) is 2.40. The van der Waals surface area contributed by atoms with Crippen LogP contribution < -0.4 is 10.2 Å². The highest BCUT2D eigenvalue weighted by Gasteiger charge is 2.22. The molecule has 0 spiro atoms. The molecule has 2 rings (SSSR count). The van der Waals surface area contributed by atoms with Crippen molar-refractivity contribution in [1.29, 1.82) is 0 Å². The molecule has 1 aromatic rings. The van der Waals surface area contributed by atoms with E-state index in [1.54, 1.807) is 0 Å². The molecule has 1 unspecified atom stereocenters. The van der Waals surface area contributed by atoms with Crippen molar-refractivity contribution in [2.45, 2.75) is 26.4 Å². The van der Waals surface area contributed by atoms with E-state index in [2.05, 4.69) is 5.32 Å². The standard InChI is InChI=1S/C15H22N2O2/c1-3-17(14-7-5-4-6-12(14)2)15(18)10-13-11-16-8-9-19-13/h4-7,13,16H,3,8-11H2,1-2H3. The number of nitrogens with zero attached hydrogens (tertiary/aromatic N) is 1. The summed E-state index contributed by atoms with van der Waals surface area (Å²) >= 11 is 0. The molecule has 1 aliphatic heterocycles. The van der Waals surface area contributed by atoms with E-state index >= 15 is 0 Å². The van der Waals surface area contributed by atoms with Gasteiger partial charge in [0.15, 0.2) is 0 Å². The van der Waals surface area contributed by atoms with E-state index in [4.69, 9.17) is 4.74 Å². The molecule has 1 N–H and O–H groups in total. The average molecular weight is 262 g/mol. The third-order valence-electron chi connectivity index (χ3n) is 3.43. The first-order valence-electron chi connectivity index (χ1n) is 6.90. The Hall–Kier alpha value is -1.39. The second kappa shape index (κ2) is 6.68. The van der Waals surface area contributed by atoms with Gasteiger partial charge in [-0.3, -0.25) is 4.79 Å². The number of nitrogens with one attached hydrogen (secondary N) is 1. The fourth-order valence-electron chi connectivity index (χ4n) is 2.40. The predicted octanol–water partition coefficient (Wildman–Crippen LogP) is 1.73. The molecule has 1 saturated heterocycles. The van der Waals surface area contributed by atoms with Crippen LogP contribution in [-0.2, 0) is 9.53 Å². The van der Waals surface area contributed by atoms with E-state index in [1.807, 2.05) is 43.0 Å². The third-order valence-corrected chi connectivity index (χ3v) is 3.43. The summed E-state index contributed by atoms with van der Waals surface area (Å²) in [7, 11) is 0. The van der Waals surface area contributed by atoms with E-state index < -0.39 is 0 Å². The molecule has 0 radical (unpaired) electrons. The van der Waals surface area contributed by atoms with Crippen molar-refractivity contribution in [3.05, 3.63) is 29.8 Å². The molecule has 0 saturated carbocycles. The summed E-state index contributed by atoms with van der Waals surface area (Å²) in [5, 5.41) is 3.25. The summed E-state index contributed by atoms with van der Waals surface area (Å²) in [5.74, 6) is 0.130. The Morgan fingerprint density at radius 2 is 2.26 bits per heavy atom. The van der Waals surface area contributed by atoms with E-state index in [1.165, 1.54) is 0 Å². The lowest BCUT2D eigenvalue weighted by atomic mass is 10.1. The van der Waals surface area contributed by atoms with Gasteiger partial charge in [0.1, 0.15) is 0 Å². The highest BCUT2D eigenvalue weighted by Crippen LogP contribution is 2.20. The average Bonchev–Trinajstić information content (AvgIpc) is 2.43. The number of carbonyl (C=O) groups is 1. The maximum absolute atomic E-state index is 12.4. The lowest BCUT2D eigenvalue weighted by Gasteiger charge is -2.27. The summed E-state index contributed by atoms with van der Waals surface area (Å²) in [6, 6.07) is 7.99. The second-order valence-corrected chi connectivity index (χ2v) is 4.83. The maximum atomic E-state index is 12.4. The topological polar surface area (TPSA) is 41.6 Å². The first-order valence-corrected chi connectivity index (χ1v) is 6.90. The Kier molecular flexibility index (Phi) is 4.93. The SMILES string of the molecule is CCN(C(=O)CC1CNCCO1)c1ccccc1C. The number of rotatable bonds is 4. The fraction of sp³-hybridized carbons (Fsp3) is 0.533. The van der Waals surface area contributed by atoms with Crippen molar-refractivity contribution in [2.24, 2.45) is 0 Å². The Morgan fingerprint density at radius 3 is 2.89 bits per heavy atom. The van der Waals surface area contributed by atoms with Crippen molar-refractivity contribution in [3.63, 3.8) is 0 Å². The molecule has 1 fully saturated rings. The molecule has 1 amide bonds. The van der Waals surface area contributed by atoms with E-state index in [0.717, 1.165) is 24.3 Å². The van der Waals surface area contributed by atoms with Crippen LogP contribution in [-0.4, -0.2) is 38.3 Å². The normalized spacial score (nSPS) is 19.2. The summed E-state index contributed by atoms with van der Waals surface area (Å²) < 4.78 is 5.60. The minimum atomic E-state index is -0.000631. The highest BCUT2D eigenvalue weighted by molar-refractivity contribution is 5.94. The molecule has 1 aromatic carbocycles. The highest BCUT2D eigenvalue weighted by atomic mass is 16.5. The number of hydrogen-bond donors (Lipinski definition) is 1. The number of hydrogen-bond acceptors (Lipinski definition) is 3. The van der Waals surface area contributed by atoms with Gasteiger partial charge < -0.3 is 15.0 Å². The molecule has 1 aliphatic rings. The van der Waals surface area contributed by atoms with E-state index in [-0.39, 0.29) is 12.0 Å². The van der Waals surface area contributed by atoms with Gasteiger partial charge in [0.05, 0.1) is 19.1 Å². The van der Waals surface area contributed by atoms with Crippen LogP contribution in [0.25, 0.3) is 0 Å². The Balaban J connectivity index is 2.04. The molecule has 4 nitrogen and oxygen atoms in total. The first kappa shape index (κ1) is 14.0. The number of anilines is 1. The van der Waals surface area contributed by atoms with Crippen LogP contribution in [0, 0.1) is 6.92 Å². The van der Waals surface area contributed by atoms with Crippen LogP contribution in [0.15, 0.2) is 24.3 Å². The van der Waals surface area contributed by atoms with Crippen LogP contribution >= 0.6 is 0 Å². The van der Waals surface area contributed by atoms with Crippen LogP contribution in [0.3, 0.4) is 0 Å². The smallest absolute Gasteiger partial charge is 0.229 e. The van der Waals surface area contributed by atoms with E-state index in [0.29, 0.717) is 19.6 Å². The number of amides is 1. The minimum absolute atomic E-state index is 0.000631. The van der Waals surface area contributed by atoms with Crippen LogP contribution in [0.1, 0.15) is 18.9 Å². The molecule has 1 heterocycles. The van der Waals surface area contributed by atoms with Gasteiger partial charge in [0.25, 0.3) is 0 Å².